The van der Waals surface area contributed by atoms with Gasteiger partial charge in [-0.05, 0) is 92.5 Å². The molecule has 10 rings (SSSR count). The van der Waals surface area contributed by atoms with Crippen molar-refractivity contribution in [3.05, 3.63) is 224 Å². The van der Waals surface area contributed by atoms with E-state index in [0.717, 1.165) is 50.1 Å². The summed E-state index contributed by atoms with van der Waals surface area (Å²) in [6, 6.07) is 80.1. The highest BCUT2D eigenvalue weighted by molar-refractivity contribution is 6.14. The predicted molar refractivity (Wildman–Crippen MR) is 236 cm³/mol. The van der Waals surface area contributed by atoms with Crippen molar-refractivity contribution in [2.24, 2.45) is 0 Å². The minimum atomic E-state index is 0.859. The van der Waals surface area contributed by atoms with Gasteiger partial charge in [-0.2, -0.15) is 0 Å². The summed E-state index contributed by atoms with van der Waals surface area (Å²) < 4.78 is 6.46. The van der Waals surface area contributed by atoms with Crippen LogP contribution in [0.4, 0.5) is 17.1 Å². The van der Waals surface area contributed by atoms with E-state index in [1.54, 1.807) is 0 Å². The van der Waals surface area contributed by atoms with Crippen molar-refractivity contribution in [2.45, 2.75) is 0 Å². The summed E-state index contributed by atoms with van der Waals surface area (Å²) in [4.78, 5) is 2.41. The Morgan fingerprint density at radius 2 is 0.786 bits per heavy atom. The molecule has 0 aliphatic heterocycles. The zero-order valence-electron chi connectivity index (χ0n) is 30.7. The lowest BCUT2D eigenvalue weighted by atomic mass is 9.87. The number of rotatable bonds is 8. The van der Waals surface area contributed by atoms with Crippen LogP contribution in [0.5, 0.6) is 0 Å². The normalized spacial score (nSPS) is 11.2. The van der Waals surface area contributed by atoms with Crippen LogP contribution >= 0.6 is 0 Å². The third-order valence-corrected chi connectivity index (χ3v) is 10.7. The second kappa shape index (κ2) is 14.4. The van der Waals surface area contributed by atoms with Crippen LogP contribution < -0.4 is 4.90 Å². The topological polar surface area (TPSA) is 16.4 Å². The van der Waals surface area contributed by atoms with E-state index in [-0.39, 0.29) is 0 Å². The van der Waals surface area contributed by atoms with E-state index in [1.807, 2.05) is 6.07 Å². The van der Waals surface area contributed by atoms with Gasteiger partial charge in [0.15, 0.2) is 0 Å². The first-order valence-corrected chi connectivity index (χ1v) is 19.1. The number of furan rings is 1. The summed E-state index contributed by atoms with van der Waals surface area (Å²) in [6.45, 7) is 0. The minimum Gasteiger partial charge on any atom is -0.456 e. The molecule has 56 heavy (non-hydrogen) atoms. The van der Waals surface area contributed by atoms with Crippen molar-refractivity contribution in [3.8, 4) is 55.6 Å². The summed E-state index contributed by atoms with van der Waals surface area (Å²) >= 11 is 0. The molecule has 0 saturated carbocycles. The van der Waals surface area contributed by atoms with Crippen LogP contribution in [0.25, 0.3) is 77.6 Å². The van der Waals surface area contributed by atoms with Gasteiger partial charge in [0.2, 0.25) is 0 Å². The van der Waals surface area contributed by atoms with E-state index in [9.17, 15) is 0 Å². The van der Waals surface area contributed by atoms with Gasteiger partial charge >= 0.3 is 0 Å². The molecular weight excluding hydrogens is 679 g/mol. The molecule has 0 unspecified atom stereocenters. The number of nitrogens with zero attached hydrogens (tertiary/aromatic N) is 1. The molecule has 0 radical (unpaired) electrons. The van der Waals surface area contributed by atoms with Crippen LogP contribution in [-0.4, -0.2) is 0 Å². The van der Waals surface area contributed by atoms with Gasteiger partial charge in [-0.3, -0.25) is 0 Å². The highest BCUT2D eigenvalue weighted by atomic mass is 16.3. The Balaban J connectivity index is 1.21. The molecule has 0 fully saturated rings. The average Bonchev–Trinajstić information content (AvgIpc) is 3.67. The third-order valence-electron chi connectivity index (χ3n) is 10.7. The molecule has 1 aromatic heterocycles. The lowest BCUT2D eigenvalue weighted by Crippen LogP contribution is -2.11. The molecule has 0 amide bonds. The average molecular weight is 716 g/mol. The first kappa shape index (κ1) is 33.2. The molecular formula is C54H37NO. The fraction of sp³-hybridized carbons (Fsp3) is 0. The summed E-state index contributed by atoms with van der Waals surface area (Å²) in [7, 11) is 0. The fourth-order valence-corrected chi connectivity index (χ4v) is 8.08. The lowest BCUT2D eigenvalue weighted by Gasteiger charge is -2.29. The molecule has 0 aliphatic rings. The molecule has 1 heterocycles. The number of benzene rings is 9. The Labute approximate surface area is 327 Å². The number of hydrogen-bond acceptors (Lipinski definition) is 2. The first-order chi connectivity index (χ1) is 27.8. The number of fused-ring (bicyclic) bond motifs is 3. The van der Waals surface area contributed by atoms with Crippen LogP contribution in [0.2, 0.25) is 0 Å². The van der Waals surface area contributed by atoms with E-state index in [0.29, 0.717) is 0 Å². The standard InChI is InChI=1S/C54H37NO/c1-4-17-38(18-5-1)40-31-34-43(35-32-40)55(51-28-16-30-53-54(51)48-26-13-15-29-52(48)56-53)50-27-14-12-25-47(50)45-23-10-11-24-46(45)49-37-42(39-19-6-2-7-20-39)33-36-44(49)41-21-8-3-9-22-41/h1-37H. The molecule has 10 aromatic rings. The molecule has 0 aliphatic carbocycles. The van der Waals surface area contributed by atoms with Crippen LogP contribution in [0.1, 0.15) is 0 Å². The van der Waals surface area contributed by atoms with Crippen LogP contribution in [0.15, 0.2) is 229 Å². The molecule has 0 spiro atoms. The van der Waals surface area contributed by atoms with Crippen LogP contribution in [0.3, 0.4) is 0 Å². The second-order valence-electron chi connectivity index (χ2n) is 14.1. The van der Waals surface area contributed by atoms with Gasteiger partial charge in [0, 0.05) is 16.6 Å². The van der Waals surface area contributed by atoms with Crippen LogP contribution in [0, 0.1) is 0 Å². The number of anilines is 3. The van der Waals surface area contributed by atoms with E-state index < -0.39 is 0 Å². The SMILES string of the molecule is c1ccc(-c2ccc(N(c3ccccc3-c3ccccc3-c3cc(-c4ccccc4)ccc3-c3ccccc3)c3cccc4oc5ccccc5c34)cc2)cc1. The van der Waals surface area contributed by atoms with Gasteiger partial charge in [-0.1, -0.05) is 182 Å². The second-order valence-corrected chi connectivity index (χ2v) is 14.1. The molecule has 2 nitrogen and oxygen atoms in total. The monoisotopic (exact) mass is 715 g/mol. The maximum atomic E-state index is 6.46. The van der Waals surface area contributed by atoms with Crippen LogP contribution in [-0.2, 0) is 0 Å². The molecule has 2 heteroatoms. The van der Waals surface area contributed by atoms with Crippen molar-refractivity contribution in [1.29, 1.82) is 0 Å². The Morgan fingerprint density at radius 1 is 0.286 bits per heavy atom. The molecule has 0 atom stereocenters. The summed E-state index contributed by atoms with van der Waals surface area (Å²) in [5.41, 5.74) is 16.7. The fourth-order valence-electron chi connectivity index (χ4n) is 8.08. The summed E-state index contributed by atoms with van der Waals surface area (Å²) in [5, 5.41) is 2.17. The maximum Gasteiger partial charge on any atom is 0.137 e. The van der Waals surface area contributed by atoms with Crippen molar-refractivity contribution < 1.29 is 4.42 Å². The molecule has 0 N–H and O–H groups in total. The molecule has 9 aromatic carbocycles. The molecule has 264 valence electrons. The van der Waals surface area contributed by atoms with Crippen molar-refractivity contribution in [1.82, 2.24) is 0 Å². The molecule has 0 bridgehead atoms. The van der Waals surface area contributed by atoms with E-state index in [4.69, 9.17) is 4.42 Å². The van der Waals surface area contributed by atoms with Crippen molar-refractivity contribution in [3.63, 3.8) is 0 Å². The highest BCUT2D eigenvalue weighted by Crippen LogP contribution is 2.48. The van der Waals surface area contributed by atoms with Gasteiger partial charge in [0.05, 0.1) is 16.8 Å². The Bertz CT molecular complexity index is 2950. The number of hydrogen-bond donors (Lipinski definition) is 0. The van der Waals surface area contributed by atoms with Gasteiger partial charge < -0.3 is 9.32 Å². The van der Waals surface area contributed by atoms with E-state index in [2.05, 4.69) is 223 Å². The third kappa shape index (κ3) is 6.04. The zero-order valence-corrected chi connectivity index (χ0v) is 30.7. The Hall–Kier alpha value is -7.42. The number of para-hydroxylation sites is 2. The maximum absolute atomic E-state index is 6.46. The summed E-state index contributed by atoms with van der Waals surface area (Å²) in [5.74, 6) is 0. The smallest absolute Gasteiger partial charge is 0.137 e. The minimum absolute atomic E-state index is 0.859. The van der Waals surface area contributed by atoms with Crippen molar-refractivity contribution >= 4 is 39.0 Å². The highest BCUT2D eigenvalue weighted by Gasteiger charge is 2.23. The molecule has 0 saturated heterocycles. The van der Waals surface area contributed by atoms with Crippen molar-refractivity contribution in [2.75, 3.05) is 4.90 Å². The lowest BCUT2D eigenvalue weighted by molar-refractivity contribution is 0.669. The Morgan fingerprint density at radius 3 is 1.50 bits per heavy atom. The van der Waals surface area contributed by atoms with E-state index >= 15 is 0 Å². The quantitative estimate of drug-likeness (QED) is 0.156. The van der Waals surface area contributed by atoms with Gasteiger partial charge in [-0.15, -0.1) is 0 Å². The van der Waals surface area contributed by atoms with Gasteiger partial charge in [-0.25, -0.2) is 0 Å². The predicted octanol–water partition coefficient (Wildman–Crippen LogP) is 15.4. The summed E-state index contributed by atoms with van der Waals surface area (Å²) in [6.07, 6.45) is 0. The zero-order chi connectivity index (χ0) is 37.3. The van der Waals surface area contributed by atoms with Gasteiger partial charge in [0.1, 0.15) is 11.2 Å². The first-order valence-electron chi connectivity index (χ1n) is 19.1. The Kier molecular flexibility index (Phi) is 8.55. The van der Waals surface area contributed by atoms with Gasteiger partial charge in [0.25, 0.3) is 0 Å². The largest absolute Gasteiger partial charge is 0.456 e. The van der Waals surface area contributed by atoms with E-state index in [1.165, 1.54) is 44.5 Å².